The molecule has 2 rings (SSSR count). The van der Waals surface area contributed by atoms with Gasteiger partial charge in [-0.15, -0.1) is 0 Å². The Morgan fingerprint density at radius 3 is 2.80 bits per heavy atom. The summed E-state index contributed by atoms with van der Waals surface area (Å²) < 4.78 is 13.5. The van der Waals surface area contributed by atoms with E-state index in [1.807, 2.05) is 13.1 Å². The van der Waals surface area contributed by atoms with Crippen molar-refractivity contribution in [2.24, 2.45) is 11.8 Å². The molecule has 2 unspecified atom stereocenters. The Morgan fingerprint density at radius 1 is 1.50 bits per heavy atom. The van der Waals surface area contributed by atoms with Crippen LogP contribution in [0.2, 0.25) is 0 Å². The monoisotopic (exact) mass is 277 g/mol. The highest BCUT2D eigenvalue weighted by atomic mass is 19.1. The lowest BCUT2D eigenvalue weighted by Gasteiger charge is -2.17. The maximum atomic E-state index is 13.5. The van der Waals surface area contributed by atoms with Gasteiger partial charge in [0.25, 0.3) is 0 Å². The Bertz CT molecular complexity index is 527. The quantitative estimate of drug-likeness (QED) is 0.813. The zero-order chi connectivity index (χ0) is 14.7. The highest BCUT2D eigenvalue weighted by Crippen LogP contribution is 2.38. The number of carboxylic acids is 1. The van der Waals surface area contributed by atoms with Crippen molar-refractivity contribution in [1.82, 2.24) is 4.90 Å². The maximum Gasteiger partial charge on any atom is 0.328 e. The third kappa shape index (κ3) is 4.46. The van der Waals surface area contributed by atoms with Crippen LogP contribution in [-0.4, -0.2) is 29.6 Å². The Morgan fingerprint density at radius 2 is 2.20 bits per heavy atom. The summed E-state index contributed by atoms with van der Waals surface area (Å²) in [7, 11) is 2.03. The van der Waals surface area contributed by atoms with Gasteiger partial charge in [-0.25, -0.2) is 9.18 Å². The molecule has 1 fully saturated rings. The number of hydrogen-bond acceptors (Lipinski definition) is 2. The molecule has 0 spiro atoms. The summed E-state index contributed by atoms with van der Waals surface area (Å²) in [6.07, 6.45) is 3.71. The maximum absolute atomic E-state index is 13.5. The molecular formula is C16H20FNO2. The minimum Gasteiger partial charge on any atom is -0.478 e. The number of nitrogens with zero attached hydrogens (tertiary/aromatic N) is 1. The van der Waals surface area contributed by atoms with Crippen molar-refractivity contribution in [1.29, 1.82) is 0 Å². The zero-order valence-electron chi connectivity index (χ0n) is 11.8. The first-order valence-corrected chi connectivity index (χ1v) is 6.83. The number of hydrogen-bond donors (Lipinski definition) is 1. The SMILES string of the molecule is CC1CC1CN(C)Cc1cc(F)cc(C=CC(=O)O)c1. The first kappa shape index (κ1) is 14.7. The minimum atomic E-state index is -1.03. The zero-order valence-corrected chi connectivity index (χ0v) is 11.8. The average molecular weight is 277 g/mol. The first-order valence-electron chi connectivity index (χ1n) is 6.83. The van der Waals surface area contributed by atoms with E-state index in [0.717, 1.165) is 30.0 Å². The Hall–Kier alpha value is -1.68. The topological polar surface area (TPSA) is 40.5 Å². The van der Waals surface area contributed by atoms with Gasteiger partial charge in [-0.05, 0) is 54.6 Å². The molecule has 0 radical (unpaired) electrons. The second kappa shape index (κ2) is 6.18. The predicted molar refractivity (Wildman–Crippen MR) is 76.7 cm³/mol. The minimum absolute atomic E-state index is 0.333. The lowest BCUT2D eigenvalue weighted by atomic mass is 10.1. The van der Waals surface area contributed by atoms with Crippen LogP contribution in [0, 0.1) is 17.7 Å². The van der Waals surface area contributed by atoms with Crippen LogP contribution < -0.4 is 0 Å². The molecule has 0 aliphatic heterocycles. The van der Waals surface area contributed by atoms with Crippen LogP contribution in [-0.2, 0) is 11.3 Å². The summed E-state index contributed by atoms with van der Waals surface area (Å²) in [5.74, 6) is 0.204. The largest absolute Gasteiger partial charge is 0.478 e. The Balaban J connectivity index is 2.01. The average Bonchev–Trinajstić information content (AvgIpc) is 3.01. The lowest BCUT2D eigenvalue weighted by molar-refractivity contribution is -0.131. The molecule has 0 aromatic heterocycles. The van der Waals surface area contributed by atoms with Gasteiger partial charge in [0.05, 0.1) is 0 Å². The summed E-state index contributed by atoms with van der Waals surface area (Å²) in [6.45, 7) is 3.95. The summed E-state index contributed by atoms with van der Waals surface area (Å²) in [6, 6.07) is 4.67. The molecule has 0 saturated heterocycles. The van der Waals surface area contributed by atoms with Crippen LogP contribution in [0.4, 0.5) is 4.39 Å². The van der Waals surface area contributed by atoms with Crippen LogP contribution in [0.25, 0.3) is 6.08 Å². The van der Waals surface area contributed by atoms with Gasteiger partial charge in [0.1, 0.15) is 5.82 Å². The van der Waals surface area contributed by atoms with E-state index < -0.39 is 5.97 Å². The molecular weight excluding hydrogens is 257 g/mol. The van der Waals surface area contributed by atoms with Crippen molar-refractivity contribution in [2.45, 2.75) is 19.9 Å². The summed E-state index contributed by atoms with van der Waals surface area (Å²) in [5, 5.41) is 8.60. The van der Waals surface area contributed by atoms with Crippen molar-refractivity contribution in [3.63, 3.8) is 0 Å². The van der Waals surface area contributed by atoms with Crippen molar-refractivity contribution < 1.29 is 14.3 Å². The molecule has 0 bridgehead atoms. The second-order valence-electron chi connectivity index (χ2n) is 5.73. The number of rotatable bonds is 6. The van der Waals surface area contributed by atoms with Gasteiger partial charge in [0.2, 0.25) is 0 Å². The summed E-state index contributed by atoms with van der Waals surface area (Å²) in [5.41, 5.74) is 1.45. The number of carbonyl (C=O) groups is 1. The third-order valence-electron chi connectivity index (χ3n) is 3.67. The van der Waals surface area contributed by atoms with Crippen LogP contribution >= 0.6 is 0 Å². The van der Waals surface area contributed by atoms with Crippen molar-refractivity contribution in [3.05, 3.63) is 41.2 Å². The summed E-state index contributed by atoms with van der Waals surface area (Å²) >= 11 is 0. The third-order valence-corrected chi connectivity index (χ3v) is 3.67. The van der Waals surface area contributed by atoms with E-state index in [1.165, 1.54) is 24.6 Å². The van der Waals surface area contributed by atoms with E-state index >= 15 is 0 Å². The van der Waals surface area contributed by atoms with Gasteiger partial charge in [-0.1, -0.05) is 13.0 Å². The van der Waals surface area contributed by atoms with Crippen LogP contribution in [0.3, 0.4) is 0 Å². The van der Waals surface area contributed by atoms with Crippen LogP contribution in [0.15, 0.2) is 24.3 Å². The van der Waals surface area contributed by atoms with E-state index in [-0.39, 0.29) is 5.82 Å². The highest BCUT2D eigenvalue weighted by molar-refractivity contribution is 5.85. The standard InChI is InChI=1S/C16H20FNO2/c1-11-5-14(11)10-18(2)9-13-6-12(3-4-16(19)20)7-15(17)8-13/h3-4,6-8,11,14H,5,9-10H2,1-2H3,(H,19,20). The van der Waals surface area contributed by atoms with Crippen LogP contribution in [0.5, 0.6) is 0 Å². The normalized spacial score (nSPS) is 21.6. The molecule has 1 aromatic rings. The number of aliphatic carboxylic acids is 1. The van der Waals surface area contributed by atoms with Gasteiger partial charge in [-0.3, -0.25) is 0 Å². The van der Waals surface area contributed by atoms with Gasteiger partial charge < -0.3 is 10.0 Å². The lowest BCUT2D eigenvalue weighted by Crippen LogP contribution is -2.21. The molecule has 1 saturated carbocycles. The molecule has 1 aliphatic carbocycles. The molecule has 0 heterocycles. The molecule has 20 heavy (non-hydrogen) atoms. The molecule has 1 aromatic carbocycles. The molecule has 2 atom stereocenters. The number of carboxylic acid groups (broad SMARTS) is 1. The van der Waals surface area contributed by atoms with Crippen molar-refractivity contribution in [3.8, 4) is 0 Å². The molecule has 3 nitrogen and oxygen atoms in total. The first-order chi connectivity index (χ1) is 9.44. The fraction of sp³-hybridized carbons (Fsp3) is 0.438. The van der Waals surface area contributed by atoms with E-state index in [1.54, 1.807) is 0 Å². The molecule has 108 valence electrons. The molecule has 0 amide bonds. The van der Waals surface area contributed by atoms with Crippen molar-refractivity contribution in [2.75, 3.05) is 13.6 Å². The predicted octanol–water partition coefficient (Wildman–Crippen LogP) is 3.01. The number of halogens is 1. The van der Waals surface area contributed by atoms with Gasteiger partial charge in [0.15, 0.2) is 0 Å². The molecule has 4 heteroatoms. The van der Waals surface area contributed by atoms with Crippen LogP contribution in [0.1, 0.15) is 24.5 Å². The summed E-state index contributed by atoms with van der Waals surface area (Å²) in [4.78, 5) is 12.7. The van der Waals surface area contributed by atoms with E-state index in [4.69, 9.17) is 5.11 Å². The fourth-order valence-corrected chi connectivity index (χ4v) is 2.46. The Kier molecular flexibility index (Phi) is 4.55. The number of benzene rings is 1. The van der Waals surface area contributed by atoms with Crippen molar-refractivity contribution >= 4 is 12.0 Å². The Labute approximate surface area is 118 Å². The van der Waals surface area contributed by atoms with E-state index in [0.29, 0.717) is 12.1 Å². The van der Waals surface area contributed by atoms with Gasteiger partial charge in [0, 0.05) is 19.2 Å². The second-order valence-corrected chi connectivity index (χ2v) is 5.73. The fourth-order valence-electron chi connectivity index (χ4n) is 2.46. The van der Waals surface area contributed by atoms with E-state index in [2.05, 4.69) is 11.8 Å². The van der Waals surface area contributed by atoms with E-state index in [9.17, 15) is 9.18 Å². The van der Waals surface area contributed by atoms with Gasteiger partial charge in [-0.2, -0.15) is 0 Å². The molecule has 1 aliphatic rings. The van der Waals surface area contributed by atoms with Gasteiger partial charge >= 0.3 is 5.97 Å². The highest BCUT2D eigenvalue weighted by Gasteiger charge is 2.32. The molecule has 1 N–H and O–H groups in total. The smallest absolute Gasteiger partial charge is 0.328 e.